The van der Waals surface area contributed by atoms with E-state index in [0.717, 1.165) is 24.0 Å². The van der Waals surface area contributed by atoms with Gasteiger partial charge in [-0.25, -0.2) is 4.68 Å². The molecule has 0 saturated heterocycles. The third-order valence-corrected chi connectivity index (χ3v) is 3.03. The molecule has 0 spiro atoms. The lowest BCUT2D eigenvalue weighted by Crippen LogP contribution is -2.20. The molecule has 1 aromatic carbocycles. The third-order valence-electron chi connectivity index (χ3n) is 3.03. The van der Waals surface area contributed by atoms with Crippen LogP contribution in [0.4, 0.5) is 0 Å². The van der Waals surface area contributed by atoms with Gasteiger partial charge in [-0.15, -0.1) is 0 Å². The lowest BCUT2D eigenvalue weighted by atomic mass is 10.1. The normalized spacial score (nSPS) is 10.8. The number of hydrogen-bond acceptors (Lipinski definition) is 2. The molecule has 3 N–H and O–H groups in total. The smallest absolute Gasteiger partial charge is 0.269 e. The Bertz CT molecular complexity index is 551. The highest BCUT2D eigenvalue weighted by Crippen LogP contribution is 2.04. The Balaban J connectivity index is 2.12. The Hall–Kier alpha value is -1.81. The molecule has 18 heavy (non-hydrogen) atoms. The van der Waals surface area contributed by atoms with Crippen molar-refractivity contribution in [1.29, 1.82) is 0 Å². The molecular formula is C14H19N3O. The summed E-state index contributed by atoms with van der Waals surface area (Å²) >= 11 is 0. The zero-order valence-corrected chi connectivity index (χ0v) is 10.6. The van der Waals surface area contributed by atoms with Crippen molar-refractivity contribution >= 4 is 0 Å². The number of nitrogens with two attached hydrogens (primary N) is 1. The van der Waals surface area contributed by atoms with E-state index >= 15 is 0 Å². The number of H-pyrrole nitrogens is 1. The highest BCUT2D eigenvalue weighted by Gasteiger charge is 2.05. The van der Waals surface area contributed by atoms with Gasteiger partial charge in [0.25, 0.3) is 5.56 Å². The van der Waals surface area contributed by atoms with Crippen LogP contribution in [0.1, 0.15) is 23.1 Å². The zero-order chi connectivity index (χ0) is 13.0. The van der Waals surface area contributed by atoms with Gasteiger partial charge >= 0.3 is 0 Å². The van der Waals surface area contributed by atoms with Gasteiger partial charge in [0.05, 0.1) is 6.54 Å². The molecule has 4 nitrogen and oxygen atoms in total. The maximum Gasteiger partial charge on any atom is 0.269 e. The van der Waals surface area contributed by atoms with E-state index in [0.29, 0.717) is 13.1 Å². The number of aromatic nitrogens is 2. The summed E-state index contributed by atoms with van der Waals surface area (Å²) in [5.41, 5.74) is 8.67. The van der Waals surface area contributed by atoms with E-state index in [4.69, 9.17) is 5.73 Å². The van der Waals surface area contributed by atoms with E-state index < -0.39 is 0 Å². The minimum absolute atomic E-state index is 0.0593. The lowest BCUT2D eigenvalue weighted by Gasteiger charge is -2.02. The molecule has 2 rings (SSSR count). The number of benzene rings is 1. The molecule has 0 saturated carbocycles. The van der Waals surface area contributed by atoms with Crippen molar-refractivity contribution in [2.75, 3.05) is 6.54 Å². The summed E-state index contributed by atoms with van der Waals surface area (Å²) < 4.78 is 1.64. The topological polar surface area (TPSA) is 63.8 Å². The molecule has 0 fully saturated rings. The molecule has 1 aromatic heterocycles. The number of nitrogens with one attached hydrogen (secondary N) is 1. The maximum absolute atomic E-state index is 12.0. The van der Waals surface area contributed by atoms with E-state index in [1.54, 1.807) is 10.9 Å². The predicted octanol–water partition coefficient (Wildman–Crippen LogP) is 1.42. The quantitative estimate of drug-likeness (QED) is 0.837. The first-order valence-electron chi connectivity index (χ1n) is 6.23. The first kappa shape index (κ1) is 12.6. The van der Waals surface area contributed by atoms with Crippen LogP contribution in [0, 0.1) is 6.92 Å². The van der Waals surface area contributed by atoms with Crippen molar-refractivity contribution in [1.82, 2.24) is 9.78 Å². The van der Waals surface area contributed by atoms with Gasteiger partial charge in [-0.1, -0.05) is 29.8 Å². The summed E-state index contributed by atoms with van der Waals surface area (Å²) in [6.07, 6.45) is 3.37. The Kier molecular flexibility index (Phi) is 3.99. The van der Waals surface area contributed by atoms with Crippen molar-refractivity contribution < 1.29 is 0 Å². The second-order valence-corrected chi connectivity index (χ2v) is 4.57. The minimum atomic E-state index is 0.0593. The minimum Gasteiger partial charge on any atom is -0.330 e. The Morgan fingerprint density at radius 3 is 2.67 bits per heavy atom. The van der Waals surface area contributed by atoms with Crippen molar-refractivity contribution in [3.05, 3.63) is 57.5 Å². The summed E-state index contributed by atoms with van der Waals surface area (Å²) in [5.74, 6) is 0. The van der Waals surface area contributed by atoms with E-state index in [1.165, 1.54) is 5.56 Å². The van der Waals surface area contributed by atoms with Gasteiger partial charge in [-0.2, -0.15) is 0 Å². The van der Waals surface area contributed by atoms with Gasteiger partial charge in [0, 0.05) is 11.8 Å². The van der Waals surface area contributed by atoms with E-state index in [1.807, 2.05) is 12.1 Å². The van der Waals surface area contributed by atoms with Crippen molar-refractivity contribution in [3.8, 4) is 0 Å². The number of rotatable bonds is 5. The van der Waals surface area contributed by atoms with Crippen LogP contribution in [0.15, 0.2) is 35.3 Å². The molecule has 0 aliphatic carbocycles. The number of nitrogens with zero attached hydrogens (tertiary/aromatic N) is 1. The molecular weight excluding hydrogens is 226 g/mol. The van der Waals surface area contributed by atoms with Crippen molar-refractivity contribution in [3.63, 3.8) is 0 Å². The van der Waals surface area contributed by atoms with E-state index in [-0.39, 0.29) is 5.56 Å². The van der Waals surface area contributed by atoms with E-state index in [9.17, 15) is 4.79 Å². The van der Waals surface area contributed by atoms with Crippen LogP contribution in [0.3, 0.4) is 0 Å². The number of aromatic amines is 1. The zero-order valence-electron chi connectivity index (χ0n) is 10.6. The predicted molar refractivity (Wildman–Crippen MR) is 72.7 cm³/mol. The largest absolute Gasteiger partial charge is 0.330 e. The number of aryl methyl sites for hydroxylation is 2. The fourth-order valence-corrected chi connectivity index (χ4v) is 1.91. The molecule has 2 aromatic rings. The van der Waals surface area contributed by atoms with Crippen LogP contribution in [0.5, 0.6) is 0 Å². The Morgan fingerprint density at radius 2 is 2.00 bits per heavy atom. The van der Waals surface area contributed by atoms with Crippen LogP contribution >= 0.6 is 0 Å². The standard InChI is InChI=1S/C14H19N3O/c1-11-4-6-12(7-5-11)10-17-14(18)13(9-16-17)3-2-8-15/h4-7,9,16H,2-3,8,10,15H2,1H3. The Labute approximate surface area is 106 Å². The Morgan fingerprint density at radius 1 is 1.28 bits per heavy atom. The summed E-state index contributed by atoms with van der Waals surface area (Å²) in [6, 6.07) is 8.20. The first-order chi connectivity index (χ1) is 8.70. The molecule has 0 bridgehead atoms. The average Bonchev–Trinajstić information content (AvgIpc) is 2.71. The van der Waals surface area contributed by atoms with Gasteiger partial charge in [0.1, 0.15) is 0 Å². The van der Waals surface area contributed by atoms with Crippen LogP contribution < -0.4 is 11.3 Å². The highest BCUT2D eigenvalue weighted by atomic mass is 16.1. The molecule has 1 heterocycles. The number of hydrogen-bond donors (Lipinski definition) is 2. The van der Waals surface area contributed by atoms with Gasteiger partial charge < -0.3 is 10.8 Å². The molecule has 0 aliphatic rings. The second-order valence-electron chi connectivity index (χ2n) is 4.57. The summed E-state index contributed by atoms with van der Waals surface area (Å²) in [5, 5.41) is 3.01. The van der Waals surface area contributed by atoms with Crippen LogP contribution in [0.2, 0.25) is 0 Å². The molecule has 96 valence electrons. The summed E-state index contributed by atoms with van der Waals surface area (Å²) in [6.45, 7) is 3.25. The van der Waals surface area contributed by atoms with E-state index in [2.05, 4.69) is 24.2 Å². The molecule has 0 aliphatic heterocycles. The molecule has 0 unspecified atom stereocenters. The fraction of sp³-hybridized carbons (Fsp3) is 0.357. The third kappa shape index (κ3) is 2.90. The van der Waals surface area contributed by atoms with Crippen LogP contribution in [-0.4, -0.2) is 16.3 Å². The van der Waals surface area contributed by atoms with Gasteiger partial charge in [0.2, 0.25) is 0 Å². The van der Waals surface area contributed by atoms with Crippen LogP contribution in [0.25, 0.3) is 0 Å². The van der Waals surface area contributed by atoms with Crippen molar-refractivity contribution in [2.24, 2.45) is 5.73 Å². The molecule has 0 radical (unpaired) electrons. The van der Waals surface area contributed by atoms with Crippen molar-refractivity contribution in [2.45, 2.75) is 26.3 Å². The fourth-order valence-electron chi connectivity index (χ4n) is 1.91. The summed E-state index contributed by atoms with van der Waals surface area (Å²) in [7, 11) is 0. The average molecular weight is 245 g/mol. The SMILES string of the molecule is Cc1ccc(Cn2[nH]cc(CCCN)c2=O)cc1. The maximum atomic E-state index is 12.0. The van der Waals surface area contributed by atoms with Gasteiger partial charge in [-0.05, 0) is 31.9 Å². The van der Waals surface area contributed by atoms with Gasteiger partial charge in [0.15, 0.2) is 0 Å². The first-order valence-corrected chi connectivity index (χ1v) is 6.23. The molecule has 4 heteroatoms. The highest BCUT2D eigenvalue weighted by molar-refractivity contribution is 5.21. The molecule has 0 amide bonds. The lowest BCUT2D eigenvalue weighted by molar-refractivity contribution is 0.661. The van der Waals surface area contributed by atoms with Gasteiger partial charge in [-0.3, -0.25) is 4.79 Å². The second kappa shape index (κ2) is 5.69. The monoisotopic (exact) mass is 245 g/mol. The molecule has 0 atom stereocenters. The van der Waals surface area contributed by atoms with Crippen LogP contribution in [-0.2, 0) is 13.0 Å². The summed E-state index contributed by atoms with van der Waals surface area (Å²) in [4.78, 5) is 12.0.